The number of unbranched alkanes of at least 4 members (excludes halogenated alkanes) is 3. The van der Waals surface area contributed by atoms with Gasteiger partial charge in [0.05, 0.1) is 11.6 Å². The Hall–Kier alpha value is -0.610. The first kappa shape index (κ1) is 11.5. The maximum atomic E-state index is 10.2. The average Bonchev–Trinajstić information content (AvgIpc) is 2.25. The molecular weight excluding hydrogens is 196 g/mol. The number of thioether (sulfide) groups is 1. The van der Waals surface area contributed by atoms with Gasteiger partial charge in [0, 0.05) is 6.20 Å². The second-order valence-electron chi connectivity index (χ2n) is 3.01. The van der Waals surface area contributed by atoms with E-state index in [0.717, 1.165) is 36.5 Å². The van der Waals surface area contributed by atoms with E-state index in [0.29, 0.717) is 0 Å². The molecule has 0 unspecified atom stereocenters. The molecule has 0 spiro atoms. The van der Waals surface area contributed by atoms with Crippen LogP contribution in [-0.2, 0) is 5.11 Å². The fourth-order valence-corrected chi connectivity index (χ4v) is 1.93. The quantitative estimate of drug-likeness (QED) is 0.395. The van der Waals surface area contributed by atoms with Crippen LogP contribution in [0.2, 0.25) is 0 Å². The summed E-state index contributed by atoms with van der Waals surface area (Å²) in [6.07, 6.45) is 7.52. The Morgan fingerprint density at radius 1 is 1.21 bits per heavy atom. The lowest BCUT2D eigenvalue weighted by atomic mass is 10.2. The molecule has 3 nitrogen and oxygen atoms in total. The molecule has 0 aliphatic carbocycles. The Morgan fingerprint density at radius 2 is 2.07 bits per heavy atom. The summed E-state index contributed by atoms with van der Waals surface area (Å²) in [4.78, 5) is 7.97. The van der Waals surface area contributed by atoms with E-state index in [9.17, 15) is 5.11 Å². The zero-order valence-electron chi connectivity index (χ0n) is 8.19. The minimum absolute atomic E-state index is 0.0685. The molecule has 0 aliphatic heterocycles. The first-order valence-corrected chi connectivity index (χ1v) is 5.89. The van der Waals surface area contributed by atoms with Crippen LogP contribution in [0, 0.1) is 0 Å². The molecule has 0 atom stereocenters. The van der Waals surface area contributed by atoms with Crippen LogP contribution in [0.1, 0.15) is 25.7 Å². The normalized spacial score (nSPS) is 10.4. The third kappa shape index (κ3) is 5.19. The molecule has 0 N–H and O–H groups in total. The Bertz CT molecular complexity index is 231. The molecule has 0 amide bonds. The third-order valence-corrected chi connectivity index (χ3v) is 2.87. The van der Waals surface area contributed by atoms with Crippen molar-refractivity contribution in [1.29, 1.82) is 0 Å². The molecule has 0 saturated heterocycles. The van der Waals surface area contributed by atoms with Crippen molar-refractivity contribution in [3.63, 3.8) is 0 Å². The molecule has 1 aromatic heterocycles. The number of aromatic nitrogens is 2. The summed E-state index contributed by atoms with van der Waals surface area (Å²) >= 11 is 1.75. The molecule has 77 valence electrons. The zero-order chi connectivity index (χ0) is 10.1. The molecule has 0 aliphatic rings. The van der Waals surface area contributed by atoms with E-state index >= 15 is 0 Å². The average molecular weight is 211 g/mol. The van der Waals surface area contributed by atoms with Gasteiger partial charge in [0.1, 0.15) is 6.33 Å². The van der Waals surface area contributed by atoms with Gasteiger partial charge < -0.3 is 0 Å². The SMILES string of the molecule is [O]CCCCCCSc1ccncn1. The van der Waals surface area contributed by atoms with Crippen LogP contribution in [0.3, 0.4) is 0 Å². The summed E-state index contributed by atoms with van der Waals surface area (Å²) in [7, 11) is 0. The van der Waals surface area contributed by atoms with Crippen molar-refractivity contribution in [3.05, 3.63) is 18.6 Å². The fraction of sp³-hybridized carbons (Fsp3) is 0.600. The van der Waals surface area contributed by atoms with Gasteiger partial charge >= 0.3 is 0 Å². The van der Waals surface area contributed by atoms with Gasteiger partial charge in [0.25, 0.3) is 0 Å². The lowest BCUT2D eigenvalue weighted by Crippen LogP contribution is -1.86. The van der Waals surface area contributed by atoms with Gasteiger partial charge in [-0.25, -0.2) is 15.1 Å². The van der Waals surface area contributed by atoms with E-state index in [2.05, 4.69) is 9.97 Å². The van der Waals surface area contributed by atoms with Crippen molar-refractivity contribution in [1.82, 2.24) is 9.97 Å². The molecule has 1 rings (SSSR count). The van der Waals surface area contributed by atoms with E-state index in [4.69, 9.17) is 0 Å². The van der Waals surface area contributed by atoms with Gasteiger partial charge in [-0.1, -0.05) is 12.8 Å². The maximum Gasteiger partial charge on any atom is 0.116 e. The summed E-state index contributed by atoms with van der Waals surface area (Å²) in [5, 5.41) is 11.2. The molecule has 4 heteroatoms. The summed E-state index contributed by atoms with van der Waals surface area (Å²) in [5.74, 6) is 1.08. The van der Waals surface area contributed by atoms with Crippen LogP contribution < -0.4 is 0 Å². The highest BCUT2D eigenvalue weighted by Gasteiger charge is 1.94. The largest absolute Gasteiger partial charge is 0.245 e. The predicted molar refractivity (Wildman–Crippen MR) is 56.8 cm³/mol. The van der Waals surface area contributed by atoms with Crippen molar-refractivity contribution in [2.75, 3.05) is 12.4 Å². The van der Waals surface area contributed by atoms with Crippen molar-refractivity contribution in [2.24, 2.45) is 0 Å². The molecule has 1 radical (unpaired) electrons. The monoisotopic (exact) mass is 211 g/mol. The van der Waals surface area contributed by atoms with Crippen LogP contribution in [0.5, 0.6) is 0 Å². The van der Waals surface area contributed by atoms with E-state index in [-0.39, 0.29) is 6.61 Å². The van der Waals surface area contributed by atoms with Crippen LogP contribution in [0.25, 0.3) is 0 Å². The Labute approximate surface area is 89.0 Å². The number of hydrogen-bond donors (Lipinski definition) is 0. The molecular formula is C10H15N2OS. The summed E-state index contributed by atoms with van der Waals surface area (Å²) in [5.41, 5.74) is 0. The predicted octanol–water partition coefficient (Wildman–Crippen LogP) is 2.56. The zero-order valence-corrected chi connectivity index (χ0v) is 9.00. The van der Waals surface area contributed by atoms with Crippen molar-refractivity contribution < 1.29 is 5.11 Å². The number of hydrogen-bond acceptors (Lipinski definition) is 3. The minimum atomic E-state index is 0.0685. The van der Waals surface area contributed by atoms with Crippen molar-refractivity contribution in [2.45, 2.75) is 30.7 Å². The molecule has 0 saturated carbocycles. The topological polar surface area (TPSA) is 45.7 Å². The maximum absolute atomic E-state index is 10.2. The van der Waals surface area contributed by atoms with E-state index in [1.807, 2.05) is 6.07 Å². The minimum Gasteiger partial charge on any atom is -0.245 e. The summed E-state index contributed by atoms with van der Waals surface area (Å²) in [6.45, 7) is 0.0685. The molecule has 14 heavy (non-hydrogen) atoms. The van der Waals surface area contributed by atoms with Crippen molar-refractivity contribution in [3.8, 4) is 0 Å². The van der Waals surface area contributed by atoms with Crippen LogP contribution >= 0.6 is 11.8 Å². The van der Waals surface area contributed by atoms with E-state index < -0.39 is 0 Å². The van der Waals surface area contributed by atoms with Gasteiger partial charge in [0.15, 0.2) is 0 Å². The number of nitrogens with zero attached hydrogens (tertiary/aromatic N) is 2. The Morgan fingerprint density at radius 3 is 2.79 bits per heavy atom. The van der Waals surface area contributed by atoms with E-state index in [1.165, 1.54) is 0 Å². The smallest absolute Gasteiger partial charge is 0.116 e. The third-order valence-electron chi connectivity index (χ3n) is 1.84. The molecule has 0 aromatic carbocycles. The highest BCUT2D eigenvalue weighted by atomic mass is 32.2. The molecule has 0 bridgehead atoms. The van der Waals surface area contributed by atoms with Crippen LogP contribution in [0.15, 0.2) is 23.6 Å². The molecule has 0 fully saturated rings. The van der Waals surface area contributed by atoms with Gasteiger partial charge in [-0.05, 0) is 24.7 Å². The van der Waals surface area contributed by atoms with Gasteiger partial charge in [-0.15, -0.1) is 11.8 Å². The highest BCUT2D eigenvalue weighted by Crippen LogP contribution is 2.15. The van der Waals surface area contributed by atoms with Crippen LogP contribution in [0.4, 0.5) is 0 Å². The first-order valence-electron chi connectivity index (χ1n) is 4.90. The second-order valence-corrected chi connectivity index (χ2v) is 4.13. The van der Waals surface area contributed by atoms with Gasteiger partial charge in [-0.3, -0.25) is 0 Å². The molecule has 1 heterocycles. The number of rotatable bonds is 7. The highest BCUT2D eigenvalue weighted by molar-refractivity contribution is 7.99. The molecule has 1 aromatic rings. The summed E-state index contributed by atoms with van der Waals surface area (Å²) in [6, 6.07) is 1.92. The van der Waals surface area contributed by atoms with E-state index in [1.54, 1.807) is 24.3 Å². The second kappa shape index (κ2) is 7.76. The Kier molecular flexibility index (Phi) is 6.36. The van der Waals surface area contributed by atoms with Crippen molar-refractivity contribution >= 4 is 11.8 Å². The van der Waals surface area contributed by atoms with Crippen LogP contribution in [-0.4, -0.2) is 22.3 Å². The standard InChI is InChI=1S/C10H15N2OS/c13-7-3-1-2-4-8-14-10-5-6-11-9-12-10/h5-6,9H,1-4,7-8H2. The fourth-order valence-electron chi connectivity index (χ4n) is 1.10. The lowest BCUT2D eigenvalue weighted by Gasteiger charge is -1.99. The Balaban J connectivity index is 1.99. The van der Waals surface area contributed by atoms with Gasteiger partial charge in [0.2, 0.25) is 0 Å². The first-order chi connectivity index (χ1) is 6.93. The lowest BCUT2D eigenvalue weighted by molar-refractivity contribution is 0.186. The summed E-state index contributed by atoms with van der Waals surface area (Å²) < 4.78 is 0. The van der Waals surface area contributed by atoms with Gasteiger partial charge in [-0.2, -0.15) is 0 Å².